The first-order valence-corrected chi connectivity index (χ1v) is 9.21. The molecular weight excluding hydrogens is 406 g/mol. The van der Waals surface area contributed by atoms with Crippen molar-refractivity contribution in [3.05, 3.63) is 86.1 Å². The fourth-order valence-corrected chi connectivity index (χ4v) is 3.04. The zero-order valence-electron chi connectivity index (χ0n) is 16.1. The highest BCUT2D eigenvalue weighted by Crippen LogP contribution is 2.30. The van der Waals surface area contributed by atoms with Gasteiger partial charge in [-0.05, 0) is 55.3 Å². The van der Waals surface area contributed by atoms with Crippen LogP contribution in [0.15, 0.2) is 58.5 Å². The Labute approximate surface area is 177 Å². The fourth-order valence-electron chi connectivity index (χ4n) is 2.81. The van der Waals surface area contributed by atoms with Crippen molar-refractivity contribution in [2.24, 2.45) is 0 Å². The minimum atomic E-state index is -0.590. The number of hydrogen-bond donors (Lipinski definition) is 1. The molecule has 0 bridgehead atoms. The number of furan rings is 1. The first kappa shape index (κ1) is 20.8. The Bertz CT molecular complexity index is 1220. The molecule has 0 radical (unpaired) electrons. The first-order chi connectivity index (χ1) is 14.3. The van der Waals surface area contributed by atoms with Crippen molar-refractivity contribution in [2.45, 2.75) is 13.8 Å². The number of hydrogen-bond acceptors (Lipinski definition) is 5. The smallest absolute Gasteiger partial charge is 0.270 e. The number of nitro benzene ring substituents is 1. The molecule has 8 heteroatoms. The van der Waals surface area contributed by atoms with Crippen molar-refractivity contribution < 1.29 is 14.1 Å². The summed E-state index contributed by atoms with van der Waals surface area (Å²) in [5.74, 6) is 0.0801. The molecule has 0 aliphatic carbocycles. The molecule has 1 heterocycles. The van der Waals surface area contributed by atoms with Crippen LogP contribution in [0.4, 0.5) is 11.4 Å². The van der Waals surface area contributed by atoms with Crippen LogP contribution in [0.5, 0.6) is 0 Å². The third-order valence-corrected chi connectivity index (χ3v) is 4.65. The number of carbonyl (C=O) groups is 1. The van der Waals surface area contributed by atoms with Gasteiger partial charge >= 0.3 is 0 Å². The van der Waals surface area contributed by atoms with Crippen molar-refractivity contribution in [2.75, 3.05) is 5.32 Å². The van der Waals surface area contributed by atoms with E-state index in [2.05, 4.69) is 5.32 Å². The van der Waals surface area contributed by atoms with E-state index in [4.69, 9.17) is 16.0 Å². The van der Waals surface area contributed by atoms with Gasteiger partial charge in [-0.3, -0.25) is 14.9 Å². The van der Waals surface area contributed by atoms with Crippen LogP contribution < -0.4 is 5.32 Å². The van der Waals surface area contributed by atoms with Gasteiger partial charge < -0.3 is 9.73 Å². The Morgan fingerprint density at radius 3 is 2.60 bits per heavy atom. The number of benzene rings is 2. The molecule has 1 aromatic heterocycles. The molecule has 3 rings (SSSR count). The summed E-state index contributed by atoms with van der Waals surface area (Å²) in [6.07, 6.45) is 1.32. The molecule has 1 amide bonds. The van der Waals surface area contributed by atoms with E-state index in [0.29, 0.717) is 22.0 Å². The lowest BCUT2D eigenvalue weighted by Crippen LogP contribution is -2.14. The molecule has 0 saturated carbocycles. The molecule has 0 spiro atoms. The van der Waals surface area contributed by atoms with E-state index in [-0.39, 0.29) is 17.0 Å². The number of non-ortho nitro benzene ring substituents is 1. The molecule has 30 heavy (non-hydrogen) atoms. The molecule has 2 aromatic carbocycles. The highest BCUT2D eigenvalue weighted by molar-refractivity contribution is 6.30. The van der Waals surface area contributed by atoms with Crippen molar-refractivity contribution in [1.82, 2.24) is 0 Å². The molecule has 0 saturated heterocycles. The molecular formula is C22H16ClN3O4. The van der Waals surface area contributed by atoms with Gasteiger partial charge in [0, 0.05) is 34.5 Å². The number of nitrogens with one attached hydrogen (secondary N) is 1. The predicted octanol–water partition coefficient (Wildman–Crippen LogP) is 5.67. The van der Waals surface area contributed by atoms with E-state index in [0.717, 1.165) is 11.1 Å². The maximum atomic E-state index is 12.5. The zero-order valence-corrected chi connectivity index (χ0v) is 16.9. The number of halogens is 1. The quantitative estimate of drug-likeness (QED) is 0.247. The van der Waals surface area contributed by atoms with Crippen LogP contribution in [0.2, 0.25) is 5.02 Å². The monoisotopic (exact) mass is 421 g/mol. The first-order valence-electron chi connectivity index (χ1n) is 8.83. The molecule has 0 aliphatic rings. The van der Waals surface area contributed by atoms with Gasteiger partial charge in [-0.15, -0.1) is 0 Å². The SMILES string of the molecule is Cc1cc(Cl)ccc1NC(=O)/C(C#N)=C/c1ccc(-c2cc([N+](=O)[O-])ccc2C)o1. The van der Waals surface area contributed by atoms with Gasteiger partial charge in [0.2, 0.25) is 0 Å². The van der Waals surface area contributed by atoms with Crippen LogP contribution in [0, 0.1) is 35.3 Å². The van der Waals surface area contributed by atoms with Crippen molar-refractivity contribution >= 4 is 35.0 Å². The number of anilines is 1. The summed E-state index contributed by atoms with van der Waals surface area (Å²) in [5, 5.41) is 23.6. The largest absolute Gasteiger partial charge is 0.457 e. The summed E-state index contributed by atoms with van der Waals surface area (Å²) in [4.78, 5) is 23.0. The van der Waals surface area contributed by atoms with Gasteiger partial charge in [0.25, 0.3) is 11.6 Å². The van der Waals surface area contributed by atoms with Crippen molar-refractivity contribution in [1.29, 1.82) is 5.26 Å². The molecule has 1 N–H and O–H groups in total. The lowest BCUT2D eigenvalue weighted by molar-refractivity contribution is -0.384. The summed E-state index contributed by atoms with van der Waals surface area (Å²) in [6, 6.07) is 14.5. The number of nitrogens with zero attached hydrogens (tertiary/aromatic N) is 2. The van der Waals surface area contributed by atoms with Crippen LogP contribution in [-0.4, -0.2) is 10.8 Å². The van der Waals surface area contributed by atoms with Gasteiger partial charge in [-0.1, -0.05) is 17.7 Å². The number of carbonyl (C=O) groups excluding carboxylic acids is 1. The molecule has 0 unspecified atom stereocenters. The van der Waals surface area contributed by atoms with E-state index < -0.39 is 10.8 Å². The van der Waals surface area contributed by atoms with Gasteiger partial charge in [-0.25, -0.2) is 0 Å². The van der Waals surface area contributed by atoms with Crippen LogP contribution in [0.25, 0.3) is 17.4 Å². The Balaban J connectivity index is 1.87. The van der Waals surface area contributed by atoms with Gasteiger partial charge in [0.15, 0.2) is 0 Å². The van der Waals surface area contributed by atoms with E-state index in [9.17, 15) is 20.2 Å². The topological polar surface area (TPSA) is 109 Å². The molecule has 7 nitrogen and oxygen atoms in total. The summed E-state index contributed by atoms with van der Waals surface area (Å²) < 4.78 is 5.71. The van der Waals surface area contributed by atoms with E-state index >= 15 is 0 Å². The van der Waals surface area contributed by atoms with Crippen LogP contribution >= 0.6 is 11.6 Å². The van der Waals surface area contributed by atoms with Gasteiger partial charge in [0.1, 0.15) is 23.2 Å². The number of amides is 1. The van der Waals surface area contributed by atoms with Crippen LogP contribution in [0.1, 0.15) is 16.9 Å². The van der Waals surface area contributed by atoms with E-state index in [1.165, 1.54) is 18.2 Å². The summed E-state index contributed by atoms with van der Waals surface area (Å²) >= 11 is 5.92. The van der Waals surface area contributed by atoms with Gasteiger partial charge in [0.05, 0.1) is 4.92 Å². The second-order valence-corrected chi connectivity index (χ2v) is 6.98. The van der Waals surface area contributed by atoms with Crippen molar-refractivity contribution in [3.63, 3.8) is 0 Å². The zero-order chi connectivity index (χ0) is 21.8. The Morgan fingerprint density at radius 2 is 1.93 bits per heavy atom. The van der Waals surface area contributed by atoms with Crippen LogP contribution in [-0.2, 0) is 4.79 Å². The normalized spacial score (nSPS) is 11.1. The second kappa shape index (κ2) is 8.64. The standard InChI is InChI=1S/C22H16ClN3O4/c1-13-3-5-17(26(28)29)11-19(13)21-8-6-18(30-21)10-15(12-24)22(27)25-20-7-4-16(23)9-14(20)2/h3-11H,1-2H3,(H,25,27)/b15-10+. The second-order valence-electron chi connectivity index (χ2n) is 6.54. The lowest BCUT2D eigenvalue weighted by atomic mass is 10.1. The minimum Gasteiger partial charge on any atom is -0.457 e. The molecule has 0 atom stereocenters. The molecule has 0 aliphatic heterocycles. The maximum absolute atomic E-state index is 12.5. The summed E-state index contributed by atoms with van der Waals surface area (Å²) in [5.41, 5.74) is 2.44. The number of aryl methyl sites for hydroxylation is 2. The van der Waals surface area contributed by atoms with E-state index in [1.807, 2.05) is 6.07 Å². The third-order valence-electron chi connectivity index (χ3n) is 4.41. The fraction of sp³-hybridized carbons (Fsp3) is 0.0909. The number of nitro groups is 1. The highest BCUT2D eigenvalue weighted by atomic mass is 35.5. The molecule has 150 valence electrons. The third kappa shape index (κ3) is 4.57. The Hall–Kier alpha value is -3.89. The van der Waals surface area contributed by atoms with Crippen LogP contribution in [0.3, 0.4) is 0 Å². The predicted molar refractivity (Wildman–Crippen MR) is 114 cm³/mol. The number of rotatable bonds is 5. The summed E-state index contributed by atoms with van der Waals surface area (Å²) in [7, 11) is 0. The lowest BCUT2D eigenvalue weighted by Gasteiger charge is -2.07. The number of nitriles is 1. The van der Waals surface area contributed by atoms with Gasteiger partial charge in [-0.2, -0.15) is 5.26 Å². The Kier molecular flexibility index (Phi) is 6.00. The average molecular weight is 422 g/mol. The minimum absolute atomic E-state index is 0.0560. The Morgan fingerprint density at radius 1 is 1.17 bits per heavy atom. The molecule has 3 aromatic rings. The highest BCUT2D eigenvalue weighted by Gasteiger charge is 2.15. The summed E-state index contributed by atoms with van der Waals surface area (Å²) in [6.45, 7) is 3.59. The maximum Gasteiger partial charge on any atom is 0.270 e. The van der Waals surface area contributed by atoms with Crippen molar-refractivity contribution in [3.8, 4) is 17.4 Å². The van der Waals surface area contributed by atoms with E-state index in [1.54, 1.807) is 50.2 Å². The average Bonchev–Trinajstić information content (AvgIpc) is 3.16. The molecule has 0 fully saturated rings.